The summed E-state index contributed by atoms with van der Waals surface area (Å²) in [6.45, 7) is 3.59. The second-order valence-corrected chi connectivity index (χ2v) is 8.00. The van der Waals surface area contributed by atoms with E-state index in [9.17, 15) is 9.18 Å². The summed E-state index contributed by atoms with van der Waals surface area (Å²) in [6, 6.07) is 5.03. The largest absolute Gasteiger partial charge is 0.339 e. The van der Waals surface area contributed by atoms with E-state index >= 15 is 0 Å². The molecule has 1 saturated carbocycles. The maximum absolute atomic E-state index is 13.1. The van der Waals surface area contributed by atoms with Crippen LogP contribution >= 0.6 is 23.4 Å². The van der Waals surface area contributed by atoms with Crippen LogP contribution in [-0.4, -0.2) is 53.7 Å². The lowest BCUT2D eigenvalue weighted by Gasteiger charge is -2.40. The van der Waals surface area contributed by atoms with Crippen LogP contribution in [0.4, 0.5) is 4.39 Å². The number of nitrogens with zero attached hydrogens (tertiary/aromatic N) is 2. The summed E-state index contributed by atoms with van der Waals surface area (Å²) < 4.78 is 13.1. The molecule has 24 heavy (non-hydrogen) atoms. The molecule has 132 valence electrons. The van der Waals surface area contributed by atoms with Crippen LogP contribution in [0.3, 0.4) is 0 Å². The molecule has 3 rings (SSSR count). The maximum Gasteiger partial charge on any atom is 0.233 e. The van der Waals surface area contributed by atoms with Crippen molar-refractivity contribution in [2.75, 3.05) is 31.9 Å². The molecule has 0 aromatic heterocycles. The second kappa shape index (κ2) is 8.54. The molecule has 0 radical (unpaired) electrons. The molecule has 1 aliphatic heterocycles. The molecular formula is C18H24ClFN2OS. The lowest BCUT2D eigenvalue weighted by Crippen LogP contribution is -2.52. The molecule has 0 bridgehead atoms. The van der Waals surface area contributed by atoms with Crippen molar-refractivity contribution in [2.45, 2.75) is 43.0 Å². The van der Waals surface area contributed by atoms with Crippen LogP contribution in [0, 0.1) is 5.82 Å². The summed E-state index contributed by atoms with van der Waals surface area (Å²) in [4.78, 5) is 17.7. The first kappa shape index (κ1) is 18.0. The third-order valence-corrected chi connectivity index (χ3v) is 6.49. The average molecular weight is 371 g/mol. The Kier molecular flexibility index (Phi) is 6.42. The van der Waals surface area contributed by atoms with Gasteiger partial charge < -0.3 is 4.90 Å². The van der Waals surface area contributed by atoms with Gasteiger partial charge in [-0.25, -0.2) is 4.39 Å². The molecule has 1 amide bonds. The molecule has 0 unspecified atom stereocenters. The molecule has 1 heterocycles. The highest BCUT2D eigenvalue weighted by molar-refractivity contribution is 8.00. The first-order chi connectivity index (χ1) is 11.6. The molecule has 2 aliphatic rings. The molecule has 1 aromatic carbocycles. The Bertz CT molecular complexity index is 572. The van der Waals surface area contributed by atoms with E-state index in [2.05, 4.69) is 4.90 Å². The topological polar surface area (TPSA) is 23.6 Å². The molecule has 6 heteroatoms. The number of rotatable bonds is 4. The van der Waals surface area contributed by atoms with Crippen molar-refractivity contribution in [3.05, 3.63) is 29.0 Å². The minimum Gasteiger partial charge on any atom is -0.339 e. The number of hydrogen-bond donors (Lipinski definition) is 0. The Labute approximate surface area is 152 Å². The number of thioether (sulfide) groups is 1. The smallest absolute Gasteiger partial charge is 0.233 e. The quantitative estimate of drug-likeness (QED) is 0.747. The Hall–Kier alpha value is -0.780. The Morgan fingerprint density at radius 3 is 2.54 bits per heavy atom. The summed E-state index contributed by atoms with van der Waals surface area (Å²) in [6.07, 6.45) is 6.69. The van der Waals surface area contributed by atoms with Crippen LogP contribution in [-0.2, 0) is 4.79 Å². The van der Waals surface area contributed by atoms with Gasteiger partial charge in [0.25, 0.3) is 0 Å². The van der Waals surface area contributed by atoms with Crippen LogP contribution in [0.2, 0.25) is 5.02 Å². The molecule has 0 N–H and O–H groups in total. The number of amides is 1. The van der Waals surface area contributed by atoms with E-state index in [1.54, 1.807) is 6.07 Å². The molecular weight excluding hydrogens is 347 g/mol. The third kappa shape index (κ3) is 4.64. The minimum absolute atomic E-state index is 0.142. The number of halogens is 2. The zero-order chi connectivity index (χ0) is 16.9. The zero-order valence-electron chi connectivity index (χ0n) is 13.8. The molecule has 1 aliphatic carbocycles. The minimum atomic E-state index is -0.352. The van der Waals surface area contributed by atoms with E-state index < -0.39 is 0 Å². The second-order valence-electron chi connectivity index (χ2n) is 6.57. The van der Waals surface area contributed by atoms with Crippen molar-refractivity contribution in [1.29, 1.82) is 0 Å². The van der Waals surface area contributed by atoms with Gasteiger partial charge in [-0.1, -0.05) is 30.9 Å². The van der Waals surface area contributed by atoms with Gasteiger partial charge in [0.15, 0.2) is 0 Å². The van der Waals surface area contributed by atoms with Crippen molar-refractivity contribution in [3.63, 3.8) is 0 Å². The normalized spacial score (nSPS) is 20.3. The monoisotopic (exact) mass is 370 g/mol. The van der Waals surface area contributed by atoms with Crippen molar-refractivity contribution in [3.8, 4) is 0 Å². The highest BCUT2D eigenvalue weighted by Crippen LogP contribution is 2.28. The number of carbonyl (C=O) groups is 1. The fourth-order valence-electron chi connectivity index (χ4n) is 3.61. The van der Waals surface area contributed by atoms with Crippen molar-refractivity contribution >= 4 is 29.3 Å². The Morgan fingerprint density at radius 1 is 1.17 bits per heavy atom. The highest BCUT2D eigenvalue weighted by atomic mass is 35.5. The van der Waals surface area contributed by atoms with Gasteiger partial charge in [0, 0.05) is 37.1 Å². The lowest BCUT2D eigenvalue weighted by atomic mass is 9.94. The standard InChI is InChI=1S/C18H24ClFN2OS/c19-16-12-14(20)6-7-17(16)24-13-18(23)22-10-8-21(9-11-22)15-4-2-1-3-5-15/h6-7,12,15H,1-5,8-11,13H2. The molecule has 0 spiro atoms. The van der Waals surface area contributed by atoms with Crippen molar-refractivity contribution in [2.24, 2.45) is 0 Å². The fraction of sp³-hybridized carbons (Fsp3) is 0.611. The van der Waals surface area contributed by atoms with E-state index in [4.69, 9.17) is 11.6 Å². The highest BCUT2D eigenvalue weighted by Gasteiger charge is 2.26. The zero-order valence-corrected chi connectivity index (χ0v) is 15.4. The van der Waals surface area contributed by atoms with Gasteiger partial charge in [0.05, 0.1) is 10.8 Å². The number of piperazine rings is 1. The van der Waals surface area contributed by atoms with Gasteiger partial charge >= 0.3 is 0 Å². The first-order valence-corrected chi connectivity index (χ1v) is 10.1. The van der Waals surface area contributed by atoms with Gasteiger partial charge in [-0.15, -0.1) is 11.8 Å². The average Bonchev–Trinajstić information content (AvgIpc) is 2.62. The lowest BCUT2D eigenvalue weighted by molar-refractivity contribution is -0.130. The summed E-state index contributed by atoms with van der Waals surface area (Å²) in [7, 11) is 0. The molecule has 1 saturated heterocycles. The first-order valence-electron chi connectivity index (χ1n) is 8.73. The third-order valence-electron chi connectivity index (χ3n) is 5.00. The predicted molar refractivity (Wildman–Crippen MR) is 97.2 cm³/mol. The Morgan fingerprint density at radius 2 is 1.88 bits per heavy atom. The predicted octanol–water partition coefficient (Wildman–Crippen LogP) is 4.05. The van der Waals surface area contributed by atoms with E-state index in [0.717, 1.165) is 37.1 Å². The number of hydrogen-bond acceptors (Lipinski definition) is 3. The Balaban J connectivity index is 1.45. The maximum atomic E-state index is 13.1. The van der Waals surface area contributed by atoms with Crippen LogP contribution in [0.1, 0.15) is 32.1 Å². The summed E-state index contributed by atoms with van der Waals surface area (Å²) >= 11 is 7.39. The molecule has 1 aromatic rings. The van der Waals surface area contributed by atoms with Crippen molar-refractivity contribution < 1.29 is 9.18 Å². The van der Waals surface area contributed by atoms with E-state index in [1.165, 1.54) is 56.0 Å². The van der Waals surface area contributed by atoms with Gasteiger partial charge in [-0.05, 0) is 31.0 Å². The number of benzene rings is 1. The van der Waals surface area contributed by atoms with Crippen LogP contribution in [0.25, 0.3) is 0 Å². The van der Waals surface area contributed by atoms with Crippen LogP contribution in [0.5, 0.6) is 0 Å². The van der Waals surface area contributed by atoms with Crippen LogP contribution in [0.15, 0.2) is 23.1 Å². The van der Waals surface area contributed by atoms with Gasteiger partial charge in [-0.3, -0.25) is 9.69 Å². The van der Waals surface area contributed by atoms with Gasteiger partial charge in [-0.2, -0.15) is 0 Å². The van der Waals surface area contributed by atoms with Gasteiger partial charge in [0.2, 0.25) is 5.91 Å². The van der Waals surface area contributed by atoms with Gasteiger partial charge in [0.1, 0.15) is 5.82 Å². The van der Waals surface area contributed by atoms with Crippen molar-refractivity contribution in [1.82, 2.24) is 9.80 Å². The number of carbonyl (C=O) groups excluding carboxylic acids is 1. The summed E-state index contributed by atoms with van der Waals surface area (Å²) in [5.74, 6) is 0.146. The van der Waals surface area contributed by atoms with E-state index in [1.807, 2.05) is 4.90 Å². The van der Waals surface area contributed by atoms with E-state index in [-0.39, 0.29) is 11.7 Å². The van der Waals surface area contributed by atoms with E-state index in [0.29, 0.717) is 10.8 Å². The van der Waals surface area contributed by atoms with Crippen LogP contribution < -0.4 is 0 Å². The molecule has 0 atom stereocenters. The SMILES string of the molecule is O=C(CSc1ccc(F)cc1Cl)N1CCN(C2CCCCC2)CC1. The summed E-state index contributed by atoms with van der Waals surface area (Å²) in [5.41, 5.74) is 0. The fourth-order valence-corrected chi connectivity index (χ4v) is 4.76. The molecule has 2 fully saturated rings. The summed E-state index contributed by atoms with van der Waals surface area (Å²) in [5, 5.41) is 0.370. The molecule has 3 nitrogen and oxygen atoms in total.